The van der Waals surface area contributed by atoms with Crippen LogP contribution in [0.25, 0.3) is 11.1 Å². The molecule has 0 saturated carbocycles. The minimum absolute atomic E-state index is 0.108. The molecule has 1 atom stereocenters. The highest BCUT2D eigenvalue weighted by Gasteiger charge is 2.13. The van der Waals surface area contributed by atoms with E-state index in [0.29, 0.717) is 5.89 Å². The smallest absolute Gasteiger partial charge is 0.246 e. The van der Waals surface area contributed by atoms with Gasteiger partial charge in [-0.05, 0) is 49.4 Å². The molecule has 2 aromatic carbocycles. The third-order valence-electron chi connectivity index (χ3n) is 3.38. The Morgan fingerprint density at radius 3 is 2.61 bits per heavy atom. The zero-order valence-corrected chi connectivity index (χ0v) is 14.3. The van der Waals surface area contributed by atoms with Gasteiger partial charge in [-0.1, -0.05) is 15.9 Å². The number of carbonyl (C=O) groups excluding carboxylic acids is 1. The molecule has 6 heteroatoms. The fraction of sp³-hybridized carbons (Fsp3) is 0.176. The third-order valence-corrected chi connectivity index (χ3v) is 3.91. The van der Waals surface area contributed by atoms with E-state index in [2.05, 4.69) is 31.5 Å². The molecule has 0 saturated heterocycles. The molecule has 1 aromatic heterocycles. The number of oxazole rings is 1. The summed E-state index contributed by atoms with van der Waals surface area (Å²) in [6.07, 6.45) is 0. The van der Waals surface area contributed by atoms with Crippen molar-refractivity contribution in [3.05, 3.63) is 52.8 Å². The van der Waals surface area contributed by atoms with E-state index >= 15 is 0 Å². The molecule has 5 nitrogen and oxygen atoms in total. The normalized spacial score (nSPS) is 12.1. The highest BCUT2D eigenvalue weighted by Crippen LogP contribution is 2.20. The van der Waals surface area contributed by atoms with Crippen molar-refractivity contribution < 1.29 is 9.21 Å². The molecule has 0 unspecified atom stereocenters. The highest BCUT2D eigenvalue weighted by molar-refractivity contribution is 9.10. The molecule has 23 heavy (non-hydrogen) atoms. The van der Waals surface area contributed by atoms with Crippen LogP contribution in [0.5, 0.6) is 0 Å². The molecule has 0 spiro atoms. The molecule has 0 aliphatic carbocycles. The van der Waals surface area contributed by atoms with Crippen LogP contribution in [0.2, 0.25) is 0 Å². The number of aryl methyl sites for hydroxylation is 1. The lowest BCUT2D eigenvalue weighted by atomic mass is 10.2. The number of benzene rings is 2. The molecule has 3 rings (SSSR count). The van der Waals surface area contributed by atoms with Crippen LogP contribution >= 0.6 is 15.9 Å². The molecule has 0 aliphatic heterocycles. The molecular weight excluding hydrogens is 358 g/mol. The number of aromatic nitrogens is 1. The Morgan fingerprint density at radius 1 is 1.17 bits per heavy atom. The Bertz CT molecular complexity index is 843. The maximum absolute atomic E-state index is 12.2. The predicted molar refractivity (Wildman–Crippen MR) is 94.6 cm³/mol. The monoisotopic (exact) mass is 373 g/mol. The number of nitrogens with one attached hydrogen (secondary N) is 2. The van der Waals surface area contributed by atoms with Crippen LogP contribution in [0.15, 0.2) is 51.4 Å². The van der Waals surface area contributed by atoms with Gasteiger partial charge in [-0.15, -0.1) is 0 Å². The van der Waals surface area contributed by atoms with Gasteiger partial charge in [-0.2, -0.15) is 0 Å². The first-order valence-corrected chi connectivity index (χ1v) is 8.01. The minimum Gasteiger partial charge on any atom is -0.441 e. The van der Waals surface area contributed by atoms with Gasteiger partial charge in [0.25, 0.3) is 0 Å². The van der Waals surface area contributed by atoms with Gasteiger partial charge in [0.2, 0.25) is 5.91 Å². The lowest BCUT2D eigenvalue weighted by Gasteiger charge is -2.15. The van der Waals surface area contributed by atoms with E-state index < -0.39 is 0 Å². The largest absolute Gasteiger partial charge is 0.441 e. The standard InChI is InChI=1S/C17H16BrN3O2/c1-10(17(22)21-13-5-3-12(18)4-6-13)19-14-7-8-16-15(9-14)20-11(2)23-16/h3-10,19H,1-2H3,(H,21,22)/t10-/m0/s1. The second-order valence-corrected chi connectivity index (χ2v) is 6.19. The fourth-order valence-corrected chi connectivity index (χ4v) is 2.50. The number of hydrogen-bond donors (Lipinski definition) is 2. The average Bonchev–Trinajstić information content (AvgIpc) is 2.88. The van der Waals surface area contributed by atoms with Gasteiger partial charge < -0.3 is 15.1 Å². The van der Waals surface area contributed by atoms with Crippen LogP contribution in [0.1, 0.15) is 12.8 Å². The third kappa shape index (κ3) is 3.71. The molecule has 118 valence electrons. The van der Waals surface area contributed by atoms with Crippen LogP contribution < -0.4 is 10.6 Å². The van der Waals surface area contributed by atoms with Crippen molar-refractivity contribution in [1.82, 2.24) is 4.98 Å². The SMILES string of the molecule is Cc1nc2cc(N[C@@H](C)C(=O)Nc3ccc(Br)cc3)ccc2o1. The van der Waals surface area contributed by atoms with E-state index in [9.17, 15) is 4.79 Å². The van der Waals surface area contributed by atoms with Crippen molar-refractivity contribution >= 4 is 44.3 Å². The first kappa shape index (κ1) is 15.6. The number of fused-ring (bicyclic) bond motifs is 1. The summed E-state index contributed by atoms with van der Waals surface area (Å²) < 4.78 is 6.41. The number of anilines is 2. The molecule has 0 bridgehead atoms. The van der Waals surface area contributed by atoms with E-state index in [1.165, 1.54) is 0 Å². The van der Waals surface area contributed by atoms with E-state index in [0.717, 1.165) is 26.9 Å². The first-order chi connectivity index (χ1) is 11.0. The van der Waals surface area contributed by atoms with E-state index in [4.69, 9.17) is 4.42 Å². The molecule has 1 amide bonds. The van der Waals surface area contributed by atoms with Gasteiger partial charge in [0, 0.05) is 22.8 Å². The molecule has 0 aliphatic rings. The zero-order valence-electron chi connectivity index (χ0n) is 12.8. The van der Waals surface area contributed by atoms with Gasteiger partial charge in [-0.25, -0.2) is 4.98 Å². The Hall–Kier alpha value is -2.34. The van der Waals surface area contributed by atoms with Crippen molar-refractivity contribution in [2.75, 3.05) is 10.6 Å². The van der Waals surface area contributed by atoms with Crippen molar-refractivity contribution in [2.45, 2.75) is 19.9 Å². The molecule has 0 fully saturated rings. The van der Waals surface area contributed by atoms with Gasteiger partial charge in [0.05, 0.1) is 0 Å². The summed E-state index contributed by atoms with van der Waals surface area (Å²) in [7, 11) is 0. The average molecular weight is 374 g/mol. The van der Waals surface area contributed by atoms with Crippen molar-refractivity contribution in [1.29, 1.82) is 0 Å². The second kappa shape index (κ2) is 6.42. The van der Waals surface area contributed by atoms with Crippen LogP contribution in [0, 0.1) is 6.92 Å². The van der Waals surface area contributed by atoms with Gasteiger partial charge in [-0.3, -0.25) is 4.79 Å². The van der Waals surface area contributed by atoms with Crippen LogP contribution in [-0.4, -0.2) is 16.9 Å². The van der Waals surface area contributed by atoms with E-state index in [-0.39, 0.29) is 11.9 Å². The summed E-state index contributed by atoms with van der Waals surface area (Å²) in [4.78, 5) is 16.5. The van der Waals surface area contributed by atoms with Crippen molar-refractivity contribution in [3.63, 3.8) is 0 Å². The van der Waals surface area contributed by atoms with Crippen LogP contribution in [-0.2, 0) is 4.79 Å². The topological polar surface area (TPSA) is 67.2 Å². The Labute approximate surface area is 142 Å². The maximum Gasteiger partial charge on any atom is 0.246 e. The van der Waals surface area contributed by atoms with Crippen LogP contribution in [0.4, 0.5) is 11.4 Å². The second-order valence-electron chi connectivity index (χ2n) is 5.28. The van der Waals surface area contributed by atoms with Gasteiger partial charge in [0.15, 0.2) is 11.5 Å². The zero-order chi connectivity index (χ0) is 16.4. The summed E-state index contributed by atoms with van der Waals surface area (Å²) in [5.41, 5.74) is 3.09. The summed E-state index contributed by atoms with van der Waals surface area (Å²) >= 11 is 3.37. The number of halogens is 1. The predicted octanol–water partition coefficient (Wildman–Crippen LogP) is 4.34. The number of nitrogens with zero attached hydrogens (tertiary/aromatic N) is 1. The van der Waals surface area contributed by atoms with Gasteiger partial charge in [0.1, 0.15) is 11.6 Å². The molecule has 1 heterocycles. The number of carbonyl (C=O) groups is 1. The fourth-order valence-electron chi connectivity index (χ4n) is 2.23. The molecule has 3 aromatic rings. The number of hydrogen-bond acceptors (Lipinski definition) is 4. The molecule has 2 N–H and O–H groups in total. The summed E-state index contributed by atoms with van der Waals surface area (Å²) in [5.74, 6) is 0.516. The Morgan fingerprint density at radius 2 is 1.87 bits per heavy atom. The Kier molecular flexibility index (Phi) is 4.34. The highest BCUT2D eigenvalue weighted by atomic mass is 79.9. The van der Waals surface area contributed by atoms with E-state index in [1.54, 1.807) is 6.92 Å². The maximum atomic E-state index is 12.2. The minimum atomic E-state index is -0.385. The Balaban J connectivity index is 1.67. The molecular formula is C17H16BrN3O2. The lowest BCUT2D eigenvalue weighted by molar-refractivity contribution is -0.116. The van der Waals surface area contributed by atoms with E-state index in [1.807, 2.05) is 49.4 Å². The summed E-state index contributed by atoms with van der Waals surface area (Å²) in [5, 5.41) is 6.05. The summed E-state index contributed by atoms with van der Waals surface area (Å²) in [6.45, 7) is 3.62. The number of amides is 1. The lowest BCUT2D eigenvalue weighted by Crippen LogP contribution is -2.31. The number of rotatable bonds is 4. The van der Waals surface area contributed by atoms with Gasteiger partial charge >= 0.3 is 0 Å². The van der Waals surface area contributed by atoms with Crippen molar-refractivity contribution in [2.24, 2.45) is 0 Å². The molecule has 0 radical (unpaired) electrons. The quantitative estimate of drug-likeness (QED) is 0.713. The first-order valence-electron chi connectivity index (χ1n) is 7.21. The van der Waals surface area contributed by atoms with Crippen LogP contribution in [0.3, 0.4) is 0 Å². The van der Waals surface area contributed by atoms with Crippen molar-refractivity contribution in [3.8, 4) is 0 Å². The summed E-state index contributed by atoms with van der Waals surface area (Å²) in [6, 6.07) is 12.7.